The van der Waals surface area contributed by atoms with Gasteiger partial charge in [0.05, 0.1) is 6.20 Å². The van der Waals surface area contributed by atoms with Crippen LogP contribution in [0, 0.1) is 6.92 Å². The van der Waals surface area contributed by atoms with E-state index in [1.807, 2.05) is 6.92 Å². The molecule has 0 aliphatic rings. The summed E-state index contributed by atoms with van der Waals surface area (Å²) < 4.78 is 4.82. The molecule has 5 heteroatoms. The second-order valence-electron chi connectivity index (χ2n) is 3.50. The Morgan fingerprint density at radius 1 is 1.73 bits per heavy atom. The minimum absolute atomic E-state index is 0.116. The second-order valence-corrected chi connectivity index (χ2v) is 3.88. The Morgan fingerprint density at radius 3 is 3.00 bits per heavy atom. The molecule has 1 aromatic rings. The first-order chi connectivity index (χ1) is 7.15. The lowest BCUT2D eigenvalue weighted by atomic mass is 10.2. The van der Waals surface area contributed by atoms with E-state index in [1.54, 1.807) is 6.92 Å². The lowest BCUT2D eigenvalue weighted by Crippen LogP contribution is -2.32. The van der Waals surface area contributed by atoms with Gasteiger partial charge in [0.1, 0.15) is 11.3 Å². The molecule has 1 N–H and O–H groups in total. The summed E-state index contributed by atoms with van der Waals surface area (Å²) in [5, 5.41) is 6.42. The van der Waals surface area contributed by atoms with Crippen LogP contribution >= 0.6 is 11.6 Å². The van der Waals surface area contributed by atoms with Gasteiger partial charge in [0.2, 0.25) is 0 Å². The van der Waals surface area contributed by atoms with Crippen LogP contribution in [-0.4, -0.2) is 23.0 Å². The molecule has 0 fully saturated rings. The molecule has 4 nitrogen and oxygen atoms in total. The SMILES string of the molecule is Cc1oncc1C(=O)NC(C)CCCCl. The maximum atomic E-state index is 11.7. The first-order valence-electron chi connectivity index (χ1n) is 4.93. The van der Waals surface area contributed by atoms with Gasteiger partial charge in [0, 0.05) is 11.9 Å². The Morgan fingerprint density at radius 2 is 2.47 bits per heavy atom. The molecule has 1 amide bonds. The van der Waals surface area contributed by atoms with Crippen molar-refractivity contribution in [1.82, 2.24) is 10.5 Å². The van der Waals surface area contributed by atoms with Crippen molar-refractivity contribution in [3.05, 3.63) is 17.5 Å². The fourth-order valence-corrected chi connectivity index (χ4v) is 1.43. The van der Waals surface area contributed by atoms with Crippen molar-refractivity contribution >= 4 is 17.5 Å². The van der Waals surface area contributed by atoms with Crippen LogP contribution in [0.15, 0.2) is 10.7 Å². The van der Waals surface area contributed by atoms with Crippen molar-refractivity contribution in [2.45, 2.75) is 32.7 Å². The van der Waals surface area contributed by atoms with Crippen LogP contribution in [0.1, 0.15) is 35.9 Å². The minimum atomic E-state index is -0.143. The predicted molar refractivity (Wildman–Crippen MR) is 58.1 cm³/mol. The minimum Gasteiger partial charge on any atom is -0.361 e. The first-order valence-corrected chi connectivity index (χ1v) is 5.46. The highest BCUT2D eigenvalue weighted by atomic mass is 35.5. The van der Waals surface area contributed by atoms with E-state index in [9.17, 15) is 4.79 Å². The number of aromatic nitrogens is 1. The Labute approximate surface area is 94.0 Å². The Kier molecular flexibility index (Phi) is 4.62. The zero-order valence-corrected chi connectivity index (χ0v) is 9.67. The highest BCUT2D eigenvalue weighted by molar-refractivity contribution is 6.17. The molecule has 0 aliphatic heterocycles. The number of hydrogen-bond donors (Lipinski definition) is 1. The van der Waals surface area contributed by atoms with Gasteiger partial charge in [-0.15, -0.1) is 11.6 Å². The van der Waals surface area contributed by atoms with E-state index >= 15 is 0 Å². The quantitative estimate of drug-likeness (QED) is 0.789. The van der Waals surface area contributed by atoms with E-state index in [0.29, 0.717) is 17.2 Å². The topological polar surface area (TPSA) is 55.1 Å². The highest BCUT2D eigenvalue weighted by Gasteiger charge is 2.14. The lowest BCUT2D eigenvalue weighted by molar-refractivity contribution is 0.0937. The highest BCUT2D eigenvalue weighted by Crippen LogP contribution is 2.06. The molecule has 84 valence electrons. The summed E-state index contributed by atoms with van der Waals surface area (Å²) in [6.45, 7) is 3.67. The Balaban J connectivity index is 2.46. The third-order valence-electron chi connectivity index (χ3n) is 2.14. The van der Waals surface area contributed by atoms with Crippen molar-refractivity contribution in [2.75, 3.05) is 5.88 Å². The Hall–Kier alpha value is -1.03. The molecule has 0 aromatic carbocycles. The standard InChI is InChI=1S/C10H15ClN2O2/c1-7(4-3-5-11)13-10(14)9-6-12-15-8(9)2/h6-7H,3-5H2,1-2H3,(H,13,14). The maximum Gasteiger partial charge on any atom is 0.256 e. The number of nitrogens with one attached hydrogen (secondary N) is 1. The van der Waals surface area contributed by atoms with Crippen LogP contribution in [0.3, 0.4) is 0 Å². The summed E-state index contributed by atoms with van der Waals surface area (Å²) in [4.78, 5) is 11.7. The molecule has 1 unspecified atom stereocenters. The zero-order chi connectivity index (χ0) is 11.3. The summed E-state index contributed by atoms with van der Waals surface area (Å²) >= 11 is 5.57. The molecule has 15 heavy (non-hydrogen) atoms. The van der Waals surface area contributed by atoms with Crippen molar-refractivity contribution in [3.63, 3.8) is 0 Å². The van der Waals surface area contributed by atoms with Gasteiger partial charge in [-0.1, -0.05) is 5.16 Å². The molecular weight excluding hydrogens is 216 g/mol. The first kappa shape index (κ1) is 12.0. The average Bonchev–Trinajstić information content (AvgIpc) is 2.61. The molecule has 0 radical (unpaired) electrons. The van der Waals surface area contributed by atoms with Crippen LogP contribution < -0.4 is 5.32 Å². The Bertz CT molecular complexity index is 325. The summed E-state index contributed by atoms with van der Waals surface area (Å²) in [7, 11) is 0. The number of hydrogen-bond acceptors (Lipinski definition) is 3. The van der Waals surface area contributed by atoms with Gasteiger partial charge >= 0.3 is 0 Å². The number of halogens is 1. The molecule has 0 saturated heterocycles. The maximum absolute atomic E-state index is 11.7. The van der Waals surface area contributed by atoms with Gasteiger partial charge < -0.3 is 9.84 Å². The summed E-state index contributed by atoms with van der Waals surface area (Å²) in [5.74, 6) is 1.01. The molecule has 1 heterocycles. The number of rotatable bonds is 5. The third-order valence-corrected chi connectivity index (χ3v) is 2.41. The number of alkyl halides is 1. The third kappa shape index (κ3) is 3.55. The van der Waals surface area contributed by atoms with E-state index < -0.39 is 0 Å². The normalized spacial score (nSPS) is 12.5. The number of aryl methyl sites for hydroxylation is 1. The molecule has 0 spiro atoms. The molecule has 1 aromatic heterocycles. The molecule has 1 atom stereocenters. The molecular formula is C10H15ClN2O2. The summed E-state index contributed by atoms with van der Waals surface area (Å²) in [5.41, 5.74) is 0.493. The van der Waals surface area contributed by atoms with E-state index in [0.717, 1.165) is 12.8 Å². The fraction of sp³-hybridized carbons (Fsp3) is 0.600. The zero-order valence-electron chi connectivity index (χ0n) is 8.92. The fourth-order valence-electron chi connectivity index (χ4n) is 1.27. The van der Waals surface area contributed by atoms with Gasteiger partial charge in [-0.05, 0) is 26.7 Å². The molecule has 1 rings (SSSR count). The van der Waals surface area contributed by atoms with Crippen LogP contribution in [0.4, 0.5) is 0 Å². The molecule has 0 bridgehead atoms. The molecule has 0 aliphatic carbocycles. The largest absolute Gasteiger partial charge is 0.361 e. The van der Waals surface area contributed by atoms with Crippen LogP contribution in [0.5, 0.6) is 0 Å². The number of carbonyl (C=O) groups is 1. The van der Waals surface area contributed by atoms with Crippen molar-refractivity contribution in [2.24, 2.45) is 0 Å². The number of carbonyl (C=O) groups excluding carboxylic acids is 1. The van der Waals surface area contributed by atoms with Gasteiger partial charge in [0.25, 0.3) is 5.91 Å². The predicted octanol–water partition coefficient (Wildman–Crippen LogP) is 2.12. The van der Waals surface area contributed by atoms with Crippen molar-refractivity contribution in [3.8, 4) is 0 Å². The van der Waals surface area contributed by atoms with E-state index in [-0.39, 0.29) is 11.9 Å². The lowest BCUT2D eigenvalue weighted by Gasteiger charge is -2.12. The van der Waals surface area contributed by atoms with Gasteiger partial charge in [0.15, 0.2) is 0 Å². The van der Waals surface area contributed by atoms with Crippen molar-refractivity contribution in [1.29, 1.82) is 0 Å². The van der Waals surface area contributed by atoms with Gasteiger partial charge in [-0.2, -0.15) is 0 Å². The van der Waals surface area contributed by atoms with Crippen LogP contribution in [0.2, 0.25) is 0 Å². The van der Waals surface area contributed by atoms with Gasteiger partial charge in [-0.25, -0.2) is 0 Å². The summed E-state index contributed by atoms with van der Waals surface area (Å²) in [6.07, 6.45) is 3.20. The van der Waals surface area contributed by atoms with Crippen LogP contribution in [0.25, 0.3) is 0 Å². The van der Waals surface area contributed by atoms with Gasteiger partial charge in [-0.3, -0.25) is 4.79 Å². The van der Waals surface area contributed by atoms with E-state index in [1.165, 1.54) is 6.20 Å². The number of amides is 1. The van der Waals surface area contributed by atoms with E-state index in [4.69, 9.17) is 16.1 Å². The number of nitrogens with zero attached hydrogens (tertiary/aromatic N) is 1. The van der Waals surface area contributed by atoms with Crippen LogP contribution in [-0.2, 0) is 0 Å². The second kappa shape index (κ2) is 5.75. The van der Waals surface area contributed by atoms with Crippen molar-refractivity contribution < 1.29 is 9.32 Å². The molecule has 0 saturated carbocycles. The monoisotopic (exact) mass is 230 g/mol. The van der Waals surface area contributed by atoms with E-state index in [2.05, 4.69) is 10.5 Å². The smallest absolute Gasteiger partial charge is 0.256 e. The average molecular weight is 231 g/mol. The summed E-state index contributed by atoms with van der Waals surface area (Å²) in [6, 6.07) is 0.116.